The fourth-order valence-corrected chi connectivity index (χ4v) is 1.67. The van der Waals surface area contributed by atoms with E-state index in [2.05, 4.69) is 0 Å². The van der Waals surface area contributed by atoms with Gasteiger partial charge in [-0.3, -0.25) is 0 Å². The molecule has 1 aliphatic rings. The zero-order valence-electron chi connectivity index (χ0n) is 9.38. The van der Waals surface area contributed by atoms with Crippen LogP contribution in [0.2, 0.25) is 0 Å². The van der Waals surface area contributed by atoms with Crippen molar-refractivity contribution in [1.82, 2.24) is 0 Å². The van der Waals surface area contributed by atoms with Gasteiger partial charge in [-0.15, -0.1) is 0 Å². The molecule has 2 rings (SSSR count). The first-order valence-corrected chi connectivity index (χ1v) is 5.36. The number of hydrogen-bond acceptors (Lipinski definition) is 4. The lowest BCUT2D eigenvalue weighted by Gasteiger charge is -2.12. The van der Waals surface area contributed by atoms with Crippen LogP contribution in [0.5, 0.6) is 0 Å². The highest BCUT2D eigenvalue weighted by Crippen LogP contribution is 2.26. The largest absolute Gasteiger partial charge is 0.463 e. The summed E-state index contributed by atoms with van der Waals surface area (Å²) in [5.41, 5.74) is 1.34. The monoisotopic (exact) mass is 232 g/mol. The van der Waals surface area contributed by atoms with Crippen molar-refractivity contribution >= 4 is 17.5 Å². The summed E-state index contributed by atoms with van der Waals surface area (Å²) in [6.45, 7) is 1.97. The molecule has 1 atom stereocenters. The van der Waals surface area contributed by atoms with Gasteiger partial charge in [-0.2, -0.15) is 0 Å². The lowest BCUT2D eigenvalue weighted by atomic mass is 10.0. The maximum Gasteiger partial charge on any atom is 0.352 e. The fourth-order valence-electron chi connectivity index (χ4n) is 1.67. The Morgan fingerprint density at radius 3 is 2.71 bits per heavy atom. The molecule has 1 aliphatic heterocycles. The van der Waals surface area contributed by atoms with Crippen molar-refractivity contribution in [3.63, 3.8) is 0 Å². The topological polar surface area (TPSA) is 52.6 Å². The van der Waals surface area contributed by atoms with Crippen LogP contribution in [-0.4, -0.2) is 24.6 Å². The van der Waals surface area contributed by atoms with Crippen LogP contribution in [0.3, 0.4) is 0 Å². The minimum atomic E-state index is -0.940. The molecule has 0 radical (unpaired) electrons. The number of cyclic esters (lactones) is 1. The van der Waals surface area contributed by atoms with Crippen molar-refractivity contribution in [2.45, 2.75) is 13.0 Å². The van der Waals surface area contributed by atoms with Crippen molar-refractivity contribution in [1.29, 1.82) is 0 Å². The van der Waals surface area contributed by atoms with Gasteiger partial charge >= 0.3 is 11.9 Å². The van der Waals surface area contributed by atoms with E-state index >= 15 is 0 Å². The van der Waals surface area contributed by atoms with E-state index in [9.17, 15) is 9.59 Å². The molecule has 1 aromatic carbocycles. The third-order valence-electron chi connectivity index (χ3n) is 2.40. The quantitative estimate of drug-likeness (QED) is 0.742. The van der Waals surface area contributed by atoms with Crippen molar-refractivity contribution in [2.24, 2.45) is 0 Å². The maximum atomic E-state index is 11.6. The van der Waals surface area contributed by atoms with E-state index in [4.69, 9.17) is 9.47 Å². The molecule has 0 fully saturated rings. The summed E-state index contributed by atoms with van der Waals surface area (Å²) in [5, 5.41) is 0. The van der Waals surface area contributed by atoms with Crippen LogP contribution < -0.4 is 0 Å². The molecule has 17 heavy (non-hydrogen) atoms. The molecule has 1 aromatic rings. The zero-order valence-corrected chi connectivity index (χ0v) is 9.38. The normalized spacial score (nSPS) is 18.5. The van der Waals surface area contributed by atoms with E-state index in [1.165, 1.54) is 6.08 Å². The summed E-state index contributed by atoms with van der Waals surface area (Å²) in [6, 6.07) is 9.17. The van der Waals surface area contributed by atoms with E-state index in [-0.39, 0.29) is 6.61 Å². The molecular formula is C13H12O4. The summed E-state index contributed by atoms with van der Waals surface area (Å²) in [6.07, 6.45) is 0.390. The van der Waals surface area contributed by atoms with Gasteiger partial charge in [-0.05, 0) is 12.5 Å². The lowest BCUT2D eigenvalue weighted by molar-refractivity contribution is -0.158. The summed E-state index contributed by atoms with van der Waals surface area (Å²) >= 11 is 0. The van der Waals surface area contributed by atoms with E-state index < -0.39 is 18.0 Å². The number of benzene rings is 1. The van der Waals surface area contributed by atoms with Gasteiger partial charge in [0.2, 0.25) is 6.10 Å². The summed E-state index contributed by atoms with van der Waals surface area (Å²) in [7, 11) is 0. The van der Waals surface area contributed by atoms with Crippen molar-refractivity contribution < 1.29 is 19.1 Å². The summed E-state index contributed by atoms with van der Waals surface area (Å²) in [5.74, 6) is -1.05. The van der Waals surface area contributed by atoms with Crippen LogP contribution in [0.25, 0.3) is 5.57 Å². The number of carbonyl (C=O) groups excluding carboxylic acids is 2. The van der Waals surface area contributed by atoms with Crippen LogP contribution in [-0.2, 0) is 19.1 Å². The molecule has 88 valence electrons. The number of esters is 2. The average molecular weight is 232 g/mol. The Hall–Kier alpha value is -2.10. The minimum absolute atomic E-state index is 0.259. The van der Waals surface area contributed by atoms with Crippen LogP contribution >= 0.6 is 0 Å². The van der Waals surface area contributed by atoms with Gasteiger partial charge in [0.1, 0.15) is 0 Å². The summed E-state index contributed by atoms with van der Waals surface area (Å²) < 4.78 is 9.81. The Morgan fingerprint density at radius 2 is 2.06 bits per heavy atom. The molecule has 1 unspecified atom stereocenters. The molecule has 0 N–H and O–H groups in total. The van der Waals surface area contributed by atoms with E-state index in [0.717, 1.165) is 5.56 Å². The molecule has 0 aromatic heterocycles. The maximum absolute atomic E-state index is 11.6. The molecule has 0 aliphatic carbocycles. The lowest BCUT2D eigenvalue weighted by Crippen LogP contribution is -2.25. The Labute approximate surface area is 98.8 Å². The van der Waals surface area contributed by atoms with E-state index in [0.29, 0.717) is 5.57 Å². The molecule has 0 saturated heterocycles. The fraction of sp³-hybridized carbons (Fsp3) is 0.231. The van der Waals surface area contributed by atoms with Crippen LogP contribution in [0.1, 0.15) is 12.5 Å². The third kappa shape index (κ3) is 2.36. The predicted molar refractivity (Wildman–Crippen MR) is 60.9 cm³/mol. The SMILES string of the molecule is CCOC(=O)C1OC(=O)C=C1c1ccccc1. The smallest absolute Gasteiger partial charge is 0.352 e. The Bertz CT molecular complexity index is 462. The average Bonchev–Trinajstić information content (AvgIpc) is 2.73. The first-order valence-electron chi connectivity index (χ1n) is 5.36. The molecule has 0 amide bonds. The Morgan fingerprint density at radius 1 is 1.35 bits per heavy atom. The zero-order chi connectivity index (χ0) is 12.3. The molecule has 1 heterocycles. The van der Waals surface area contributed by atoms with Gasteiger partial charge in [0.05, 0.1) is 6.61 Å². The third-order valence-corrected chi connectivity index (χ3v) is 2.40. The predicted octanol–water partition coefficient (Wildman–Crippen LogP) is 1.56. The highest BCUT2D eigenvalue weighted by atomic mass is 16.6. The number of ether oxygens (including phenoxy) is 2. The van der Waals surface area contributed by atoms with Gasteiger partial charge < -0.3 is 9.47 Å². The van der Waals surface area contributed by atoms with Crippen LogP contribution in [0, 0.1) is 0 Å². The molecular weight excluding hydrogens is 220 g/mol. The van der Waals surface area contributed by atoms with Gasteiger partial charge in [0, 0.05) is 11.6 Å². The Balaban J connectivity index is 2.28. The van der Waals surface area contributed by atoms with Crippen molar-refractivity contribution in [3.05, 3.63) is 42.0 Å². The van der Waals surface area contributed by atoms with Crippen LogP contribution in [0.4, 0.5) is 0 Å². The molecule has 4 heteroatoms. The molecule has 0 saturated carbocycles. The summed E-state index contributed by atoms with van der Waals surface area (Å²) in [4.78, 5) is 22.9. The highest BCUT2D eigenvalue weighted by molar-refractivity contribution is 6.05. The standard InChI is InChI=1S/C13H12O4/c1-2-16-13(15)12-10(8-11(14)17-12)9-6-4-3-5-7-9/h3-8,12H,2H2,1H3. The van der Waals surface area contributed by atoms with Gasteiger partial charge in [-0.25, -0.2) is 9.59 Å². The van der Waals surface area contributed by atoms with Gasteiger partial charge in [0.25, 0.3) is 0 Å². The second-order valence-corrected chi connectivity index (χ2v) is 3.53. The van der Waals surface area contributed by atoms with Crippen molar-refractivity contribution in [2.75, 3.05) is 6.61 Å². The van der Waals surface area contributed by atoms with Crippen molar-refractivity contribution in [3.8, 4) is 0 Å². The number of carbonyl (C=O) groups is 2. The molecule has 4 nitrogen and oxygen atoms in total. The number of rotatable bonds is 3. The molecule has 0 bridgehead atoms. The second kappa shape index (κ2) is 4.82. The van der Waals surface area contributed by atoms with Gasteiger partial charge in [-0.1, -0.05) is 30.3 Å². The minimum Gasteiger partial charge on any atom is -0.463 e. The number of hydrogen-bond donors (Lipinski definition) is 0. The first kappa shape index (κ1) is 11.4. The second-order valence-electron chi connectivity index (χ2n) is 3.53. The van der Waals surface area contributed by atoms with E-state index in [1.54, 1.807) is 6.92 Å². The highest BCUT2D eigenvalue weighted by Gasteiger charge is 2.34. The van der Waals surface area contributed by atoms with Crippen LogP contribution in [0.15, 0.2) is 36.4 Å². The molecule has 0 spiro atoms. The first-order chi connectivity index (χ1) is 8.22. The Kier molecular flexibility index (Phi) is 3.23. The van der Waals surface area contributed by atoms with Gasteiger partial charge in [0.15, 0.2) is 0 Å². The van der Waals surface area contributed by atoms with E-state index in [1.807, 2.05) is 30.3 Å².